The molecule has 0 atom stereocenters. The van der Waals surface area contributed by atoms with Crippen LogP contribution in [0.2, 0.25) is 0 Å². The molecule has 3 rings (SSSR count). The molecular weight excluding hydrogens is 308 g/mol. The topological polar surface area (TPSA) is 85.2 Å². The van der Waals surface area contributed by atoms with E-state index in [2.05, 4.69) is 31.8 Å². The van der Waals surface area contributed by atoms with Crippen molar-refractivity contribution in [3.05, 3.63) is 17.5 Å². The fourth-order valence-corrected chi connectivity index (χ4v) is 3.10. The number of hydrogen-bond acceptors (Lipinski definition) is 6. The zero-order valence-electron chi connectivity index (χ0n) is 14.1. The Kier molecular flexibility index (Phi) is 6.31. The van der Waals surface area contributed by atoms with Crippen molar-refractivity contribution in [2.75, 3.05) is 32.8 Å². The summed E-state index contributed by atoms with van der Waals surface area (Å²) in [6.45, 7) is 4.71. The summed E-state index contributed by atoms with van der Waals surface area (Å²) in [4.78, 5) is 14.4. The molecule has 1 amide bonds. The Bertz CT molecular complexity index is 565. The molecule has 1 aliphatic carbocycles. The SMILES string of the molecule is O=C(Cn1nnnc1CN1CCOCC1)NCCC1=CCCCC1. The maximum atomic E-state index is 12.1. The van der Waals surface area contributed by atoms with E-state index in [0.717, 1.165) is 38.5 Å². The Labute approximate surface area is 142 Å². The summed E-state index contributed by atoms with van der Waals surface area (Å²) in [5.41, 5.74) is 1.47. The molecule has 1 aliphatic heterocycles. The van der Waals surface area contributed by atoms with Gasteiger partial charge in [0.05, 0.1) is 19.8 Å². The largest absolute Gasteiger partial charge is 0.379 e. The molecule has 132 valence electrons. The minimum atomic E-state index is -0.0399. The van der Waals surface area contributed by atoms with Gasteiger partial charge in [-0.2, -0.15) is 0 Å². The summed E-state index contributed by atoms with van der Waals surface area (Å²) in [6.07, 6.45) is 8.18. The van der Waals surface area contributed by atoms with Gasteiger partial charge in [0.15, 0.2) is 5.82 Å². The minimum Gasteiger partial charge on any atom is -0.379 e. The highest BCUT2D eigenvalue weighted by molar-refractivity contribution is 5.75. The molecule has 1 N–H and O–H groups in total. The van der Waals surface area contributed by atoms with Crippen molar-refractivity contribution in [1.82, 2.24) is 30.4 Å². The number of amides is 1. The fraction of sp³-hybridized carbons (Fsp3) is 0.750. The van der Waals surface area contributed by atoms with E-state index in [4.69, 9.17) is 4.74 Å². The van der Waals surface area contributed by atoms with Crippen molar-refractivity contribution in [2.45, 2.75) is 45.2 Å². The van der Waals surface area contributed by atoms with Gasteiger partial charge in [0.25, 0.3) is 0 Å². The Balaban J connectivity index is 1.42. The van der Waals surface area contributed by atoms with Gasteiger partial charge in [-0.25, -0.2) is 4.68 Å². The van der Waals surface area contributed by atoms with Crippen LogP contribution in [0.4, 0.5) is 0 Å². The quantitative estimate of drug-likeness (QED) is 0.732. The van der Waals surface area contributed by atoms with Crippen LogP contribution in [0.15, 0.2) is 11.6 Å². The lowest BCUT2D eigenvalue weighted by atomic mass is 9.97. The number of nitrogens with one attached hydrogen (secondary N) is 1. The molecular formula is C16H26N6O2. The summed E-state index contributed by atoms with van der Waals surface area (Å²) < 4.78 is 6.93. The lowest BCUT2D eigenvalue weighted by Crippen LogP contribution is -2.37. The summed E-state index contributed by atoms with van der Waals surface area (Å²) in [5, 5.41) is 14.7. The van der Waals surface area contributed by atoms with Crippen LogP contribution in [0, 0.1) is 0 Å². The molecule has 2 aliphatic rings. The van der Waals surface area contributed by atoms with Crippen molar-refractivity contribution in [3.8, 4) is 0 Å². The average molecular weight is 334 g/mol. The van der Waals surface area contributed by atoms with Gasteiger partial charge in [0.1, 0.15) is 6.54 Å². The van der Waals surface area contributed by atoms with Gasteiger partial charge in [-0.1, -0.05) is 11.6 Å². The molecule has 0 aromatic carbocycles. The van der Waals surface area contributed by atoms with Gasteiger partial charge in [0, 0.05) is 19.6 Å². The van der Waals surface area contributed by atoms with Crippen LogP contribution in [0.3, 0.4) is 0 Å². The highest BCUT2D eigenvalue weighted by Crippen LogP contribution is 2.19. The van der Waals surface area contributed by atoms with Crippen molar-refractivity contribution in [1.29, 1.82) is 0 Å². The molecule has 0 spiro atoms. The van der Waals surface area contributed by atoms with E-state index < -0.39 is 0 Å². The molecule has 1 saturated heterocycles. The second kappa shape index (κ2) is 8.89. The van der Waals surface area contributed by atoms with Crippen molar-refractivity contribution >= 4 is 5.91 Å². The third-order valence-electron chi connectivity index (χ3n) is 4.52. The lowest BCUT2D eigenvalue weighted by molar-refractivity contribution is -0.121. The third kappa shape index (κ3) is 5.10. The van der Waals surface area contributed by atoms with Crippen LogP contribution in [0.1, 0.15) is 37.9 Å². The van der Waals surface area contributed by atoms with Crippen LogP contribution < -0.4 is 5.32 Å². The van der Waals surface area contributed by atoms with Gasteiger partial charge in [-0.05, 0) is 42.5 Å². The smallest absolute Gasteiger partial charge is 0.241 e. The molecule has 0 bridgehead atoms. The first-order chi connectivity index (χ1) is 11.8. The number of allylic oxidation sites excluding steroid dienone is 1. The molecule has 1 fully saturated rings. The van der Waals surface area contributed by atoms with Crippen LogP contribution in [0.25, 0.3) is 0 Å². The van der Waals surface area contributed by atoms with E-state index in [-0.39, 0.29) is 12.5 Å². The molecule has 2 heterocycles. The van der Waals surface area contributed by atoms with Crippen LogP contribution in [-0.2, 0) is 22.6 Å². The Morgan fingerprint density at radius 1 is 1.29 bits per heavy atom. The molecule has 0 saturated carbocycles. The van der Waals surface area contributed by atoms with Crippen LogP contribution in [0.5, 0.6) is 0 Å². The maximum Gasteiger partial charge on any atom is 0.241 e. The van der Waals surface area contributed by atoms with Crippen molar-refractivity contribution in [3.63, 3.8) is 0 Å². The van der Waals surface area contributed by atoms with E-state index in [9.17, 15) is 4.79 Å². The van der Waals surface area contributed by atoms with E-state index >= 15 is 0 Å². The van der Waals surface area contributed by atoms with Gasteiger partial charge in [-0.15, -0.1) is 5.10 Å². The zero-order valence-corrected chi connectivity index (χ0v) is 14.1. The highest BCUT2D eigenvalue weighted by atomic mass is 16.5. The standard InChI is InChI=1S/C16H26N6O2/c23-16(17-7-6-14-4-2-1-3-5-14)13-22-15(18-19-20-22)12-21-8-10-24-11-9-21/h4H,1-3,5-13H2,(H,17,23). The second-order valence-corrected chi connectivity index (χ2v) is 6.35. The first-order valence-corrected chi connectivity index (χ1v) is 8.81. The third-order valence-corrected chi connectivity index (χ3v) is 4.52. The van der Waals surface area contributed by atoms with Gasteiger partial charge >= 0.3 is 0 Å². The summed E-state index contributed by atoms with van der Waals surface area (Å²) in [6, 6.07) is 0. The predicted molar refractivity (Wildman–Crippen MR) is 88.1 cm³/mol. The normalized spacial score (nSPS) is 19.1. The predicted octanol–water partition coefficient (Wildman–Crippen LogP) is 0.512. The molecule has 8 nitrogen and oxygen atoms in total. The number of aromatic nitrogens is 4. The van der Waals surface area contributed by atoms with E-state index in [0.29, 0.717) is 13.1 Å². The lowest BCUT2D eigenvalue weighted by Gasteiger charge is -2.25. The average Bonchev–Trinajstić information content (AvgIpc) is 3.03. The molecule has 8 heteroatoms. The fourth-order valence-electron chi connectivity index (χ4n) is 3.10. The van der Waals surface area contributed by atoms with Crippen molar-refractivity contribution in [2.24, 2.45) is 0 Å². The molecule has 0 radical (unpaired) electrons. The van der Waals surface area contributed by atoms with Crippen molar-refractivity contribution < 1.29 is 9.53 Å². The first kappa shape index (κ1) is 17.0. The number of nitrogens with zero attached hydrogens (tertiary/aromatic N) is 5. The van der Waals surface area contributed by atoms with Gasteiger partial charge < -0.3 is 10.1 Å². The zero-order chi connectivity index (χ0) is 16.6. The number of ether oxygens (including phenoxy) is 1. The minimum absolute atomic E-state index is 0.0399. The number of hydrogen-bond donors (Lipinski definition) is 1. The number of morpholine rings is 1. The number of carbonyl (C=O) groups is 1. The van der Waals surface area contributed by atoms with E-state index in [1.165, 1.54) is 31.3 Å². The number of tetrazole rings is 1. The Hall–Kier alpha value is -1.80. The number of rotatable bonds is 7. The monoisotopic (exact) mass is 334 g/mol. The Morgan fingerprint density at radius 2 is 2.17 bits per heavy atom. The first-order valence-electron chi connectivity index (χ1n) is 8.81. The van der Waals surface area contributed by atoms with Gasteiger partial charge in [-0.3, -0.25) is 9.69 Å². The maximum absolute atomic E-state index is 12.1. The molecule has 1 aromatic heterocycles. The Morgan fingerprint density at radius 3 is 2.96 bits per heavy atom. The molecule has 0 unspecified atom stereocenters. The van der Waals surface area contributed by atoms with Crippen LogP contribution >= 0.6 is 0 Å². The summed E-state index contributed by atoms with van der Waals surface area (Å²) >= 11 is 0. The second-order valence-electron chi connectivity index (χ2n) is 6.35. The van der Waals surface area contributed by atoms with Gasteiger partial charge in [0.2, 0.25) is 5.91 Å². The number of carbonyl (C=O) groups excluding carboxylic acids is 1. The van der Waals surface area contributed by atoms with E-state index in [1.54, 1.807) is 4.68 Å². The summed E-state index contributed by atoms with van der Waals surface area (Å²) in [7, 11) is 0. The molecule has 1 aromatic rings. The van der Waals surface area contributed by atoms with Crippen LogP contribution in [-0.4, -0.2) is 63.9 Å². The highest BCUT2D eigenvalue weighted by Gasteiger charge is 2.16. The molecule has 24 heavy (non-hydrogen) atoms. The summed E-state index contributed by atoms with van der Waals surface area (Å²) in [5.74, 6) is 0.684. The van der Waals surface area contributed by atoms with E-state index in [1.807, 2.05) is 0 Å².